The van der Waals surface area contributed by atoms with Gasteiger partial charge in [-0.1, -0.05) is 12.1 Å². The quantitative estimate of drug-likeness (QED) is 0.381. The van der Waals surface area contributed by atoms with Gasteiger partial charge in [-0.25, -0.2) is 10.2 Å². The molecule has 4 heterocycles. The number of piperidine rings is 2. The number of hydrogen-bond acceptors (Lipinski definition) is 9. The Labute approximate surface area is 203 Å². The van der Waals surface area contributed by atoms with E-state index in [2.05, 4.69) is 30.3 Å². The Kier molecular flexibility index (Phi) is 6.87. The fourth-order valence-corrected chi connectivity index (χ4v) is 4.38. The molecule has 1 aromatic carbocycles. The number of carboxylic acid groups (broad SMARTS) is 1. The predicted octanol–water partition coefficient (Wildman–Crippen LogP) is 4.26. The van der Waals surface area contributed by atoms with Crippen LogP contribution in [0.1, 0.15) is 54.6 Å². The molecule has 2 N–H and O–H groups in total. The van der Waals surface area contributed by atoms with E-state index in [-0.39, 0.29) is 5.56 Å². The van der Waals surface area contributed by atoms with Gasteiger partial charge < -0.3 is 19.3 Å². The number of carbonyl (C=O) groups is 1. The first-order valence-electron chi connectivity index (χ1n) is 12.1. The fraction of sp³-hybridized carbons (Fsp3) is 0.400. The number of anilines is 3. The molecular weight excluding hydrogens is 446 g/mol. The zero-order chi connectivity index (χ0) is 24.0. The Morgan fingerprint density at radius 3 is 2.03 bits per heavy atom. The Bertz CT molecular complexity index is 1140. The molecule has 0 atom stereocenters. The average molecular weight is 476 g/mol. The Morgan fingerprint density at radius 2 is 1.46 bits per heavy atom. The molecule has 2 fully saturated rings. The maximum absolute atomic E-state index is 11.0. The Hall–Kier alpha value is -3.95. The van der Waals surface area contributed by atoms with E-state index in [1.807, 2.05) is 6.07 Å². The van der Waals surface area contributed by atoms with Gasteiger partial charge in [0, 0.05) is 31.7 Å². The summed E-state index contributed by atoms with van der Waals surface area (Å²) >= 11 is 0. The fourth-order valence-electron chi connectivity index (χ4n) is 4.38. The zero-order valence-electron chi connectivity index (χ0n) is 19.6. The number of carboxylic acids is 1. The second-order valence-electron chi connectivity index (χ2n) is 8.81. The van der Waals surface area contributed by atoms with E-state index < -0.39 is 5.97 Å². The van der Waals surface area contributed by atoms with Crippen molar-refractivity contribution < 1.29 is 14.3 Å². The average Bonchev–Trinajstić information content (AvgIpc) is 3.38. The summed E-state index contributed by atoms with van der Waals surface area (Å²) in [6.45, 7) is 3.81. The third-order valence-electron chi connectivity index (χ3n) is 6.29. The summed E-state index contributed by atoms with van der Waals surface area (Å²) in [4.78, 5) is 29.5. The lowest BCUT2D eigenvalue weighted by molar-refractivity contribution is 0.0697. The van der Waals surface area contributed by atoms with Crippen LogP contribution in [0.4, 0.5) is 17.8 Å². The molecule has 10 heteroatoms. The molecule has 182 valence electrons. The molecule has 0 unspecified atom stereocenters. The minimum atomic E-state index is -0.958. The predicted molar refractivity (Wildman–Crippen MR) is 134 cm³/mol. The van der Waals surface area contributed by atoms with Crippen LogP contribution in [0.3, 0.4) is 0 Å². The minimum Gasteiger partial charge on any atom is -0.478 e. The van der Waals surface area contributed by atoms with Crippen LogP contribution in [0.2, 0.25) is 0 Å². The molecule has 0 bridgehead atoms. The van der Waals surface area contributed by atoms with Crippen molar-refractivity contribution in [2.45, 2.75) is 38.5 Å². The number of nitrogens with one attached hydrogen (secondary N) is 1. The number of furan rings is 1. The Morgan fingerprint density at radius 1 is 0.857 bits per heavy atom. The molecule has 2 aromatic heterocycles. The molecule has 5 rings (SSSR count). The largest absolute Gasteiger partial charge is 0.478 e. The molecule has 3 aromatic rings. The zero-order valence-corrected chi connectivity index (χ0v) is 19.6. The second-order valence-corrected chi connectivity index (χ2v) is 8.81. The van der Waals surface area contributed by atoms with E-state index >= 15 is 0 Å². The van der Waals surface area contributed by atoms with Crippen molar-refractivity contribution in [1.29, 1.82) is 0 Å². The van der Waals surface area contributed by atoms with Crippen LogP contribution in [0.15, 0.2) is 45.9 Å². The van der Waals surface area contributed by atoms with Gasteiger partial charge in [0.05, 0.1) is 11.8 Å². The molecule has 35 heavy (non-hydrogen) atoms. The molecule has 0 radical (unpaired) electrons. The van der Waals surface area contributed by atoms with Crippen molar-refractivity contribution >= 4 is 30.0 Å². The number of aromatic nitrogens is 3. The van der Waals surface area contributed by atoms with E-state index in [4.69, 9.17) is 14.5 Å². The molecule has 0 amide bonds. The molecule has 0 spiro atoms. The van der Waals surface area contributed by atoms with Gasteiger partial charge in [0.15, 0.2) is 0 Å². The van der Waals surface area contributed by atoms with Crippen molar-refractivity contribution in [3.8, 4) is 11.3 Å². The number of benzene rings is 1. The van der Waals surface area contributed by atoms with Gasteiger partial charge in [-0.05, 0) is 62.8 Å². The molecule has 2 saturated heterocycles. The van der Waals surface area contributed by atoms with Crippen LogP contribution in [-0.4, -0.2) is 58.4 Å². The molecule has 10 nitrogen and oxygen atoms in total. The molecular formula is C25H29N7O3. The lowest BCUT2D eigenvalue weighted by atomic mass is 10.1. The van der Waals surface area contributed by atoms with Gasteiger partial charge in [0.25, 0.3) is 0 Å². The standard InChI is InChI=1S/C25H29N7O3/c33-22(34)19-9-7-18(8-10-19)21-12-11-20(35-21)17-26-30-23-27-24(31-13-3-1-4-14-31)29-25(28-23)32-15-5-2-6-16-32/h7-12,17H,1-6,13-16H2,(H,33,34)(H,27,28,29,30)/b26-17-. The molecule has 0 aliphatic carbocycles. The SMILES string of the molecule is O=C(O)c1ccc(-c2ccc(/C=N\Nc3nc(N4CCCCC4)nc(N4CCCCC4)n3)o2)cc1. The van der Waals surface area contributed by atoms with Crippen molar-refractivity contribution in [2.75, 3.05) is 41.4 Å². The van der Waals surface area contributed by atoms with Crippen molar-refractivity contribution in [3.63, 3.8) is 0 Å². The summed E-state index contributed by atoms with van der Waals surface area (Å²) in [6.07, 6.45) is 8.63. The summed E-state index contributed by atoms with van der Waals surface area (Å²) in [5, 5.41) is 13.3. The number of rotatable bonds is 7. The van der Waals surface area contributed by atoms with E-state index in [0.29, 0.717) is 29.4 Å². The maximum Gasteiger partial charge on any atom is 0.335 e. The second kappa shape index (κ2) is 10.5. The lowest BCUT2D eigenvalue weighted by Crippen LogP contribution is -2.34. The molecule has 0 saturated carbocycles. The van der Waals surface area contributed by atoms with Gasteiger partial charge in [-0.3, -0.25) is 0 Å². The number of hydrogen-bond donors (Lipinski definition) is 2. The number of hydrazone groups is 1. The topological polar surface area (TPSA) is 120 Å². The number of aromatic carboxylic acids is 1. The van der Waals surface area contributed by atoms with Crippen molar-refractivity contribution in [1.82, 2.24) is 15.0 Å². The summed E-state index contributed by atoms with van der Waals surface area (Å²) in [6, 6.07) is 10.2. The normalized spacial score (nSPS) is 16.6. The third kappa shape index (κ3) is 5.59. The minimum absolute atomic E-state index is 0.233. The van der Waals surface area contributed by atoms with Crippen molar-refractivity contribution in [3.05, 3.63) is 47.7 Å². The first kappa shape index (κ1) is 22.8. The van der Waals surface area contributed by atoms with E-state index in [1.165, 1.54) is 12.8 Å². The smallest absolute Gasteiger partial charge is 0.335 e. The summed E-state index contributed by atoms with van der Waals surface area (Å²) in [5.74, 6) is 2.03. The summed E-state index contributed by atoms with van der Waals surface area (Å²) in [5.41, 5.74) is 3.97. The maximum atomic E-state index is 11.0. The first-order valence-corrected chi connectivity index (χ1v) is 12.1. The van der Waals surface area contributed by atoms with Crippen LogP contribution in [0.25, 0.3) is 11.3 Å². The van der Waals surface area contributed by atoms with Gasteiger partial charge >= 0.3 is 5.97 Å². The Balaban J connectivity index is 1.31. The summed E-state index contributed by atoms with van der Waals surface area (Å²) in [7, 11) is 0. The van der Waals surface area contributed by atoms with Crippen LogP contribution in [0.5, 0.6) is 0 Å². The van der Waals surface area contributed by atoms with Crippen LogP contribution in [-0.2, 0) is 0 Å². The van der Waals surface area contributed by atoms with Gasteiger partial charge in [-0.2, -0.15) is 20.1 Å². The first-order chi connectivity index (χ1) is 17.2. The van der Waals surface area contributed by atoms with E-state index in [0.717, 1.165) is 57.4 Å². The van der Waals surface area contributed by atoms with Crippen molar-refractivity contribution in [2.24, 2.45) is 5.10 Å². The van der Waals surface area contributed by atoms with Gasteiger partial charge in [-0.15, -0.1) is 0 Å². The molecule has 2 aliphatic rings. The highest BCUT2D eigenvalue weighted by Gasteiger charge is 2.20. The van der Waals surface area contributed by atoms with Gasteiger partial charge in [0.1, 0.15) is 11.5 Å². The van der Waals surface area contributed by atoms with Crippen LogP contribution < -0.4 is 15.2 Å². The van der Waals surface area contributed by atoms with E-state index in [1.54, 1.807) is 36.5 Å². The highest BCUT2D eigenvalue weighted by molar-refractivity contribution is 5.88. The highest BCUT2D eigenvalue weighted by Crippen LogP contribution is 2.24. The van der Waals surface area contributed by atoms with Crippen LogP contribution in [0, 0.1) is 0 Å². The highest BCUT2D eigenvalue weighted by atomic mass is 16.4. The monoisotopic (exact) mass is 475 g/mol. The summed E-state index contributed by atoms with van der Waals surface area (Å²) < 4.78 is 5.84. The lowest BCUT2D eigenvalue weighted by Gasteiger charge is -2.30. The van der Waals surface area contributed by atoms with E-state index in [9.17, 15) is 4.79 Å². The third-order valence-corrected chi connectivity index (χ3v) is 6.29. The van der Waals surface area contributed by atoms with Gasteiger partial charge in [0.2, 0.25) is 17.8 Å². The molecule has 2 aliphatic heterocycles. The number of nitrogens with zero attached hydrogens (tertiary/aromatic N) is 6. The van der Waals surface area contributed by atoms with Crippen LogP contribution >= 0.6 is 0 Å².